The largest absolute Gasteiger partial charge is 0.497 e. The van der Waals surface area contributed by atoms with Crippen LogP contribution in [0.15, 0.2) is 24.3 Å². The monoisotopic (exact) mass is 318 g/mol. The van der Waals surface area contributed by atoms with Crippen LogP contribution < -0.4 is 15.4 Å². The molecule has 1 heterocycles. The third-order valence-corrected chi connectivity index (χ3v) is 4.79. The lowest BCUT2D eigenvalue weighted by Crippen LogP contribution is -2.33. The summed E-state index contributed by atoms with van der Waals surface area (Å²) in [4.78, 5) is 12.1. The molecule has 0 saturated carbocycles. The Bertz CT molecular complexity index is 484. The summed E-state index contributed by atoms with van der Waals surface area (Å²) in [7, 11) is 1.68. The minimum Gasteiger partial charge on any atom is -0.497 e. The van der Waals surface area contributed by atoms with Gasteiger partial charge in [0, 0.05) is 13.0 Å². The lowest BCUT2D eigenvalue weighted by atomic mass is 9.84. The first-order valence-electron chi connectivity index (χ1n) is 8.79. The maximum atomic E-state index is 12.1. The fourth-order valence-electron chi connectivity index (χ4n) is 3.29. The predicted molar refractivity (Wildman–Crippen MR) is 93.7 cm³/mol. The molecule has 0 radical (unpaired) electrons. The Balaban J connectivity index is 1.62. The van der Waals surface area contributed by atoms with Gasteiger partial charge in [-0.2, -0.15) is 0 Å². The number of rotatable bonds is 8. The lowest BCUT2D eigenvalue weighted by molar-refractivity contribution is -0.122. The van der Waals surface area contributed by atoms with Crippen molar-refractivity contribution in [1.29, 1.82) is 0 Å². The molecule has 23 heavy (non-hydrogen) atoms. The van der Waals surface area contributed by atoms with E-state index in [4.69, 9.17) is 4.74 Å². The number of methoxy groups -OCH3 is 1. The van der Waals surface area contributed by atoms with Crippen LogP contribution in [-0.2, 0) is 11.2 Å². The third kappa shape index (κ3) is 6.22. The van der Waals surface area contributed by atoms with Gasteiger partial charge in [0.1, 0.15) is 5.75 Å². The fourth-order valence-corrected chi connectivity index (χ4v) is 3.29. The van der Waals surface area contributed by atoms with Gasteiger partial charge in [-0.25, -0.2) is 0 Å². The Kier molecular flexibility index (Phi) is 7.40. The van der Waals surface area contributed by atoms with E-state index in [1.54, 1.807) is 7.11 Å². The van der Waals surface area contributed by atoms with Crippen molar-refractivity contribution in [1.82, 2.24) is 10.6 Å². The molecule has 1 saturated heterocycles. The number of hydrogen-bond donors (Lipinski definition) is 2. The highest BCUT2D eigenvalue weighted by molar-refractivity contribution is 5.76. The van der Waals surface area contributed by atoms with Gasteiger partial charge in [-0.15, -0.1) is 0 Å². The van der Waals surface area contributed by atoms with Crippen molar-refractivity contribution in [2.45, 2.75) is 39.0 Å². The molecule has 1 atom stereocenters. The number of benzene rings is 1. The van der Waals surface area contributed by atoms with E-state index in [-0.39, 0.29) is 5.91 Å². The maximum Gasteiger partial charge on any atom is 0.220 e. The number of piperidine rings is 1. The molecule has 0 aliphatic carbocycles. The van der Waals surface area contributed by atoms with Crippen LogP contribution >= 0.6 is 0 Å². The molecular formula is C19H30N2O2. The normalized spacial score (nSPS) is 16.8. The average molecular weight is 318 g/mol. The van der Waals surface area contributed by atoms with E-state index < -0.39 is 0 Å². The smallest absolute Gasteiger partial charge is 0.220 e. The minimum absolute atomic E-state index is 0.196. The number of carbonyl (C=O) groups is 1. The molecule has 0 spiro atoms. The van der Waals surface area contributed by atoms with Crippen LogP contribution in [0.2, 0.25) is 0 Å². The summed E-state index contributed by atoms with van der Waals surface area (Å²) in [5.41, 5.74) is 1.25. The topological polar surface area (TPSA) is 50.4 Å². The van der Waals surface area contributed by atoms with Gasteiger partial charge < -0.3 is 15.4 Å². The standard InChI is InChI=1S/C19H30N2O2/c1-15(17-8-11-20-12-9-17)13-19(22)21-10-4-6-16-5-3-7-18(14-16)23-2/h3,5,7,14-15,17,20H,4,6,8-13H2,1-2H3,(H,21,22). The molecule has 4 nitrogen and oxygen atoms in total. The number of aryl methyl sites for hydroxylation is 1. The van der Waals surface area contributed by atoms with Gasteiger partial charge in [-0.05, 0) is 68.3 Å². The van der Waals surface area contributed by atoms with Crippen LogP contribution in [0.4, 0.5) is 0 Å². The van der Waals surface area contributed by atoms with E-state index in [9.17, 15) is 4.79 Å². The fraction of sp³-hybridized carbons (Fsp3) is 0.632. The predicted octanol–water partition coefficient (Wildman–Crippen LogP) is 2.77. The highest BCUT2D eigenvalue weighted by Gasteiger charge is 2.21. The SMILES string of the molecule is COc1cccc(CCCNC(=O)CC(C)C2CCNCC2)c1. The van der Waals surface area contributed by atoms with Crippen molar-refractivity contribution >= 4 is 5.91 Å². The third-order valence-electron chi connectivity index (χ3n) is 4.79. The summed E-state index contributed by atoms with van der Waals surface area (Å²) in [5, 5.41) is 6.44. The van der Waals surface area contributed by atoms with Crippen molar-refractivity contribution in [3.05, 3.63) is 29.8 Å². The Hall–Kier alpha value is -1.55. The zero-order valence-electron chi connectivity index (χ0n) is 14.4. The van der Waals surface area contributed by atoms with E-state index in [1.807, 2.05) is 12.1 Å². The molecule has 1 aromatic carbocycles. The van der Waals surface area contributed by atoms with Crippen LogP contribution in [-0.4, -0.2) is 32.7 Å². The van der Waals surface area contributed by atoms with E-state index >= 15 is 0 Å². The van der Waals surface area contributed by atoms with Crippen molar-refractivity contribution in [3.63, 3.8) is 0 Å². The Morgan fingerprint density at radius 3 is 2.91 bits per heavy atom. The Morgan fingerprint density at radius 2 is 2.17 bits per heavy atom. The molecule has 1 fully saturated rings. The van der Waals surface area contributed by atoms with Crippen molar-refractivity contribution in [2.24, 2.45) is 11.8 Å². The van der Waals surface area contributed by atoms with Crippen LogP contribution in [0, 0.1) is 11.8 Å². The number of ether oxygens (including phenoxy) is 1. The highest BCUT2D eigenvalue weighted by atomic mass is 16.5. The zero-order chi connectivity index (χ0) is 16.5. The molecule has 2 N–H and O–H groups in total. The van der Waals surface area contributed by atoms with Crippen molar-refractivity contribution in [3.8, 4) is 5.75 Å². The molecule has 1 unspecified atom stereocenters. The number of hydrogen-bond acceptors (Lipinski definition) is 3. The molecule has 2 rings (SSSR count). The van der Waals surface area contributed by atoms with Crippen molar-refractivity contribution in [2.75, 3.05) is 26.7 Å². The summed E-state index contributed by atoms with van der Waals surface area (Å²) in [6.45, 7) is 5.15. The number of nitrogens with one attached hydrogen (secondary N) is 2. The molecule has 1 aliphatic heterocycles. The molecule has 0 bridgehead atoms. The second-order valence-electron chi connectivity index (χ2n) is 6.57. The highest BCUT2D eigenvalue weighted by Crippen LogP contribution is 2.24. The first-order valence-corrected chi connectivity index (χ1v) is 8.79. The summed E-state index contributed by atoms with van der Waals surface area (Å²) in [6, 6.07) is 8.12. The van der Waals surface area contributed by atoms with Gasteiger partial charge in [0.2, 0.25) is 5.91 Å². The maximum absolute atomic E-state index is 12.1. The van der Waals surface area contributed by atoms with Gasteiger partial charge in [-0.3, -0.25) is 4.79 Å². The van der Waals surface area contributed by atoms with E-state index in [2.05, 4.69) is 29.7 Å². The van der Waals surface area contributed by atoms with Crippen LogP contribution in [0.5, 0.6) is 5.75 Å². The average Bonchev–Trinajstić information content (AvgIpc) is 2.59. The van der Waals surface area contributed by atoms with E-state index in [0.717, 1.165) is 38.2 Å². The van der Waals surface area contributed by atoms with E-state index in [0.29, 0.717) is 18.3 Å². The van der Waals surface area contributed by atoms with Gasteiger partial charge in [0.05, 0.1) is 7.11 Å². The van der Waals surface area contributed by atoms with Gasteiger partial charge >= 0.3 is 0 Å². The summed E-state index contributed by atoms with van der Waals surface area (Å²) in [5.74, 6) is 2.26. The molecular weight excluding hydrogens is 288 g/mol. The molecule has 1 aliphatic rings. The molecule has 0 aromatic heterocycles. The Labute approximate surface area is 140 Å². The zero-order valence-corrected chi connectivity index (χ0v) is 14.4. The van der Waals surface area contributed by atoms with Crippen LogP contribution in [0.1, 0.15) is 38.2 Å². The first kappa shape index (κ1) is 17.8. The molecule has 4 heteroatoms. The summed E-state index contributed by atoms with van der Waals surface area (Å²) >= 11 is 0. The van der Waals surface area contributed by atoms with Gasteiger partial charge in [0.15, 0.2) is 0 Å². The molecule has 1 amide bonds. The van der Waals surface area contributed by atoms with Crippen LogP contribution in [0.25, 0.3) is 0 Å². The van der Waals surface area contributed by atoms with Crippen LogP contribution in [0.3, 0.4) is 0 Å². The lowest BCUT2D eigenvalue weighted by Gasteiger charge is -2.27. The Morgan fingerprint density at radius 1 is 1.39 bits per heavy atom. The summed E-state index contributed by atoms with van der Waals surface area (Å²) < 4.78 is 5.23. The second kappa shape index (κ2) is 9.56. The number of carbonyl (C=O) groups excluding carboxylic acids is 1. The van der Waals surface area contributed by atoms with Crippen molar-refractivity contribution < 1.29 is 9.53 Å². The summed E-state index contributed by atoms with van der Waals surface area (Å²) in [6.07, 6.45) is 4.97. The first-order chi connectivity index (χ1) is 11.2. The minimum atomic E-state index is 0.196. The van der Waals surface area contributed by atoms with Gasteiger partial charge in [0.25, 0.3) is 0 Å². The quantitative estimate of drug-likeness (QED) is 0.725. The van der Waals surface area contributed by atoms with E-state index in [1.165, 1.54) is 18.4 Å². The van der Waals surface area contributed by atoms with Gasteiger partial charge in [-0.1, -0.05) is 19.1 Å². The molecule has 128 valence electrons. The second-order valence-corrected chi connectivity index (χ2v) is 6.57. The molecule has 1 aromatic rings. The number of amides is 1.